The van der Waals surface area contributed by atoms with E-state index in [4.69, 9.17) is 0 Å². The molecule has 0 aliphatic heterocycles. The summed E-state index contributed by atoms with van der Waals surface area (Å²) >= 11 is 8.00. The maximum atomic E-state index is 12.4. The van der Waals surface area contributed by atoms with E-state index in [2.05, 4.69) is 90.9 Å². The predicted octanol–water partition coefficient (Wildman–Crippen LogP) is 7.72. The van der Waals surface area contributed by atoms with Gasteiger partial charge in [-0.15, -0.1) is 0 Å². The van der Waals surface area contributed by atoms with Crippen LogP contribution in [0.4, 0.5) is 11.4 Å². The molecule has 0 aliphatic rings. The van der Waals surface area contributed by atoms with Crippen LogP contribution in [-0.4, -0.2) is 27.4 Å². The summed E-state index contributed by atoms with van der Waals surface area (Å²) in [6.07, 6.45) is 1.71. The normalized spacial score (nSPS) is 12.0. The molecule has 0 heterocycles. The second-order valence-electron chi connectivity index (χ2n) is 10.3. The molecule has 0 saturated heterocycles. The molecule has 1 amide bonds. The SMILES string of the molecule is CC(C)(C)c1cc(CCCSCC(=O)Nc2c(Br)cc(Br)cc2[N+](=O)[O-])cc(C(C)(C)C)c1O. The molecular formula is C25H32Br2N2O4S. The lowest BCUT2D eigenvalue weighted by Crippen LogP contribution is -2.18. The van der Waals surface area contributed by atoms with Crippen LogP contribution in [0.2, 0.25) is 0 Å². The average molecular weight is 616 g/mol. The summed E-state index contributed by atoms with van der Waals surface area (Å²) in [5, 5.41) is 24.8. The van der Waals surface area contributed by atoms with Gasteiger partial charge in [0.25, 0.3) is 5.69 Å². The zero-order chi connectivity index (χ0) is 25.8. The lowest BCUT2D eigenvalue weighted by molar-refractivity contribution is -0.384. The Bertz CT molecular complexity index is 1040. The first-order chi connectivity index (χ1) is 15.6. The van der Waals surface area contributed by atoms with Gasteiger partial charge in [0.15, 0.2) is 0 Å². The second-order valence-corrected chi connectivity index (χ2v) is 13.2. The Morgan fingerprint density at radius 1 is 1.06 bits per heavy atom. The van der Waals surface area contributed by atoms with E-state index in [1.165, 1.54) is 23.4 Å². The lowest BCUT2D eigenvalue weighted by Gasteiger charge is -2.28. The molecule has 0 bridgehead atoms. The van der Waals surface area contributed by atoms with Gasteiger partial charge in [0.1, 0.15) is 11.4 Å². The monoisotopic (exact) mass is 614 g/mol. The minimum atomic E-state index is -0.520. The number of hydrogen-bond donors (Lipinski definition) is 2. The van der Waals surface area contributed by atoms with Crippen molar-refractivity contribution in [1.82, 2.24) is 0 Å². The number of nitrogens with zero attached hydrogens (tertiary/aromatic N) is 1. The zero-order valence-corrected chi connectivity index (χ0v) is 24.4. The first-order valence-corrected chi connectivity index (χ1v) is 13.7. The van der Waals surface area contributed by atoms with E-state index in [1.807, 2.05) is 0 Å². The number of amides is 1. The summed E-state index contributed by atoms with van der Waals surface area (Å²) in [7, 11) is 0. The van der Waals surface area contributed by atoms with Gasteiger partial charge in [-0.2, -0.15) is 11.8 Å². The molecule has 2 aromatic rings. The number of nitro benzene ring substituents is 1. The molecule has 0 radical (unpaired) electrons. The average Bonchev–Trinajstić information content (AvgIpc) is 2.68. The molecule has 186 valence electrons. The van der Waals surface area contributed by atoms with E-state index in [-0.39, 0.29) is 33.9 Å². The number of nitrogens with one attached hydrogen (secondary N) is 1. The third-order valence-electron chi connectivity index (χ3n) is 5.27. The molecule has 0 aliphatic carbocycles. The Kier molecular flexibility index (Phi) is 9.64. The van der Waals surface area contributed by atoms with Gasteiger partial charge in [-0.05, 0) is 68.1 Å². The molecule has 0 atom stereocenters. The fourth-order valence-corrected chi connectivity index (χ4v) is 5.58. The van der Waals surface area contributed by atoms with Crippen molar-refractivity contribution in [3.63, 3.8) is 0 Å². The molecule has 6 nitrogen and oxygen atoms in total. The quantitative estimate of drug-likeness (QED) is 0.180. The van der Waals surface area contributed by atoms with E-state index >= 15 is 0 Å². The summed E-state index contributed by atoms with van der Waals surface area (Å²) in [6.45, 7) is 12.6. The smallest absolute Gasteiger partial charge is 0.295 e. The fraction of sp³-hybridized carbons (Fsp3) is 0.480. The Labute approximate surface area is 222 Å². The predicted molar refractivity (Wildman–Crippen MR) is 148 cm³/mol. The van der Waals surface area contributed by atoms with Gasteiger partial charge >= 0.3 is 0 Å². The number of halogens is 2. The minimum absolute atomic E-state index is 0.160. The van der Waals surface area contributed by atoms with Crippen molar-refractivity contribution >= 4 is 60.9 Å². The van der Waals surface area contributed by atoms with Crippen molar-refractivity contribution in [2.45, 2.75) is 65.2 Å². The fourth-order valence-electron chi connectivity index (χ4n) is 3.53. The molecule has 9 heteroatoms. The van der Waals surface area contributed by atoms with Crippen molar-refractivity contribution in [2.24, 2.45) is 0 Å². The van der Waals surface area contributed by atoms with Crippen LogP contribution in [0.3, 0.4) is 0 Å². The summed E-state index contributed by atoms with van der Waals surface area (Å²) in [5.41, 5.74) is 2.72. The molecule has 2 aromatic carbocycles. The lowest BCUT2D eigenvalue weighted by atomic mass is 9.78. The Morgan fingerprint density at radius 2 is 1.62 bits per heavy atom. The Hall–Kier alpha value is -1.58. The molecule has 2 rings (SSSR count). The van der Waals surface area contributed by atoms with Crippen molar-refractivity contribution in [3.8, 4) is 5.75 Å². The van der Waals surface area contributed by atoms with Crippen LogP contribution in [0.5, 0.6) is 5.75 Å². The van der Waals surface area contributed by atoms with Gasteiger partial charge in [-0.1, -0.05) is 69.6 Å². The Balaban J connectivity index is 1.99. The van der Waals surface area contributed by atoms with Gasteiger partial charge in [0, 0.05) is 15.0 Å². The van der Waals surface area contributed by atoms with Crippen molar-refractivity contribution < 1.29 is 14.8 Å². The van der Waals surface area contributed by atoms with Crippen molar-refractivity contribution in [2.75, 3.05) is 16.8 Å². The first kappa shape index (κ1) is 28.7. The topological polar surface area (TPSA) is 92.5 Å². The Morgan fingerprint density at radius 3 is 2.12 bits per heavy atom. The van der Waals surface area contributed by atoms with Gasteiger partial charge in [0.05, 0.1) is 10.7 Å². The summed E-state index contributed by atoms with van der Waals surface area (Å²) in [4.78, 5) is 23.2. The second kappa shape index (κ2) is 11.4. The summed E-state index contributed by atoms with van der Waals surface area (Å²) < 4.78 is 1.00. The van der Waals surface area contributed by atoms with Crippen LogP contribution in [0.15, 0.2) is 33.2 Å². The highest BCUT2D eigenvalue weighted by molar-refractivity contribution is 9.11. The third-order valence-corrected chi connectivity index (χ3v) is 7.40. The largest absolute Gasteiger partial charge is 0.507 e. The van der Waals surface area contributed by atoms with Crippen LogP contribution < -0.4 is 5.32 Å². The number of anilines is 1. The van der Waals surface area contributed by atoms with Crippen LogP contribution in [0, 0.1) is 10.1 Å². The van der Waals surface area contributed by atoms with Gasteiger partial charge in [-0.25, -0.2) is 0 Å². The maximum absolute atomic E-state index is 12.4. The number of thioether (sulfide) groups is 1. The summed E-state index contributed by atoms with van der Waals surface area (Å²) in [6, 6.07) is 7.20. The number of phenolic OH excluding ortho intramolecular Hbond substituents is 1. The zero-order valence-electron chi connectivity index (χ0n) is 20.4. The maximum Gasteiger partial charge on any atom is 0.295 e. The molecule has 0 saturated carbocycles. The van der Waals surface area contributed by atoms with E-state index in [0.29, 0.717) is 14.7 Å². The highest BCUT2D eigenvalue weighted by atomic mass is 79.9. The molecular weight excluding hydrogens is 584 g/mol. The highest BCUT2D eigenvalue weighted by Crippen LogP contribution is 2.40. The number of carbonyl (C=O) groups excluding carboxylic acids is 1. The van der Waals surface area contributed by atoms with Crippen molar-refractivity contribution in [3.05, 3.63) is 60.0 Å². The van der Waals surface area contributed by atoms with Crippen molar-refractivity contribution in [1.29, 1.82) is 0 Å². The molecule has 0 aromatic heterocycles. The number of nitro groups is 1. The van der Waals surface area contributed by atoms with Crippen LogP contribution >= 0.6 is 43.6 Å². The molecule has 0 unspecified atom stereocenters. The van der Waals surface area contributed by atoms with Gasteiger partial charge in [-0.3, -0.25) is 14.9 Å². The highest BCUT2D eigenvalue weighted by Gasteiger charge is 2.26. The van der Waals surface area contributed by atoms with Crippen LogP contribution in [0.25, 0.3) is 0 Å². The number of phenols is 1. The van der Waals surface area contributed by atoms with E-state index in [9.17, 15) is 20.0 Å². The molecule has 34 heavy (non-hydrogen) atoms. The van der Waals surface area contributed by atoms with E-state index in [1.54, 1.807) is 6.07 Å². The number of benzene rings is 2. The standard InChI is InChI=1S/C25H32Br2N2O4S/c1-24(2,3)17-10-15(11-18(23(17)31)25(4,5)6)8-7-9-34-14-21(30)28-22-19(27)12-16(26)13-20(22)29(32)33/h10-13,31H,7-9,14H2,1-6H3,(H,28,30). The first-order valence-electron chi connectivity index (χ1n) is 11.0. The number of hydrogen-bond acceptors (Lipinski definition) is 5. The minimum Gasteiger partial charge on any atom is -0.507 e. The summed E-state index contributed by atoms with van der Waals surface area (Å²) in [5.74, 6) is 1.07. The van der Waals surface area contributed by atoms with E-state index in [0.717, 1.165) is 29.7 Å². The molecule has 0 fully saturated rings. The van der Waals surface area contributed by atoms with Gasteiger partial charge < -0.3 is 10.4 Å². The van der Waals surface area contributed by atoms with Crippen LogP contribution in [-0.2, 0) is 22.0 Å². The van der Waals surface area contributed by atoms with Gasteiger partial charge in [0.2, 0.25) is 5.91 Å². The number of aryl methyl sites for hydroxylation is 1. The number of aromatic hydroxyl groups is 1. The number of carbonyl (C=O) groups is 1. The number of rotatable bonds is 8. The van der Waals surface area contributed by atoms with E-state index < -0.39 is 4.92 Å². The molecule has 2 N–H and O–H groups in total. The van der Waals surface area contributed by atoms with Crippen LogP contribution in [0.1, 0.15) is 64.7 Å². The molecule has 0 spiro atoms. The third kappa shape index (κ3) is 7.71.